The summed E-state index contributed by atoms with van der Waals surface area (Å²) in [6.45, 7) is 9.83. The van der Waals surface area contributed by atoms with Crippen LogP contribution in [0.25, 0.3) is 5.69 Å². The summed E-state index contributed by atoms with van der Waals surface area (Å²) < 4.78 is 7.75. The highest BCUT2D eigenvalue weighted by molar-refractivity contribution is 7.80. The number of morpholine rings is 1. The van der Waals surface area contributed by atoms with E-state index in [2.05, 4.69) is 50.6 Å². The molecule has 0 radical (unpaired) electrons. The highest BCUT2D eigenvalue weighted by Crippen LogP contribution is 2.41. The average Bonchev–Trinajstić information content (AvgIpc) is 3.36. The van der Waals surface area contributed by atoms with Crippen molar-refractivity contribution >= 4 is 17.3 Å². The largest absolute Gasteiger partial charge is 0.508 e. The molecule has 0 unspecified atom stereocenters. The summed E-state index contributed by atoms with van der Waals surface area (Å²) in [5.41, 5.74) is 5.58. The second-order valence-electron chi connectivity index (χ2n) is 9.31. The number of benzene rings is 1. The Morgan fingerprint density at radius 1 is 1.09 bits per heavy atom. The molecule has 2 saturated heterocycles. The van der Waals surface area contributed by atoms with Crippen molar-refractivity contribution < 1.29 is 9.84 Å². The van der Waals surface area contributed by atoms with Gasteiger partial charge in [-0.3, -0.25) is 9.88 Å². The number of pyridine rings is 1. The Morgan fingerprint density at radius 3 is 2.57 bits per heavy atom. The Bertz CT molecular complexity index is 1160. The molecule has 1 aromatic carbocycles. The van der Waals surface area contributed by atoms with Gasteiger partial charge >= 0.3 is 0 Å². The van der Waals surface area contributed by atoms with Gasteiger partial charge in [0.2, 0.25) is 0 Å². The van der Waals surface area contributed by atoms with Crippen LogP contribution in [-0.4, -0.2) is 69.0 Å². The highest BCUT2D eigenvalue weighted by atomic mass is 32.1. The van der Waals surface area contributed by atoms with E-state index in [1.165, 1.54) is 11.3 Å². The first-order valence-electron chi connectivity index (χ1n) is 12.3. The number of nitrogens with one attached hydrogen (secondary N) is 1. The Balaban J connectivity index is 1.47. The number of thiocarbonyl (C=S) groups is 1. The van der Waals surface area contributed by atoms with Crippen molar-refractivity contribution in [2.75, 3.05) is 39.4 Å². The second kappa shape index (κ2) is 10.4. The second-order valence-corrected chi connectivity index (χ2v) is 9.69. The van der Waals surface area contributed by atoms with Gasteiger partial charge in [-0.2, -0.15) is 0 Å². The number of nitrogens with zero attached hydrogens (tertiary/aromatic N) is 4. The zero-order valence-corrected chi connectivity index (χ0v) is 21.2. The molecule has 2 atom stereocenters. The minimum atomic E-state index is -0.0270. The molecule has 184 valence electrons. The molecule has 0 saturated carbocycles. The van der Waals surface area contributed by atoms with Gasteiger partial charge in [0.1, 0.15) is 5.75 Å². The van der Waals surface area contributed by atoms with Crippen LogP contribution >= 0.6 is 12.2 Å². The van der Waals surface area contributed by atoms with Crippen molar-refractivity contribution in [3.05, 3.63) is 77.4 Å². The fourth-order valence-corrected chi connectivity index (χ4v) is 5.69. The van der Waals surface area contributed by atoms with E-state index in [-0.39, 0.29) is 17.8 Å². The molecule has 7 nitrogen and oxygen atoms in total. The Kier molecular flexibility index (Phi) is 7.04. The van der Waals surface area contributed by atoms with Crippen LogP contribution in [0.3, 0.4) is 0 Å². The molecule has 2 aromatic heterocycles. The molecular weight excluding hydrogens is 458 g/mol. The van der Waals surface area contributed by atoms with Gasteiger partial charge in [-0.05, 0) is 80.5 Å². The van der Waals surface area contributed by atoms with Gasteiger partial charge in [0.15, 0.2) is 5.11 Å². The van der Waals surface area contributed by atoms with Crippen molar-refractivity contribution in [3.63, 3.8) is 0 Å². The maximum Gasteiger partial charge on any atom is 0.170 e. The van der Waals surface area contributed by atoms with Crippen LogP contribution < -0.4 is 5.32 Å². The summed E-state index contributed by atoms with van der Waals surface area (Å²) in [6, 6.07) is 15.7. The average molecular weight is 492 g/mol. The molecule has 0 amide bonds. The first kappa shape index (κ1) is 23.8. The summed E-state index contributed by atoms with van der Waals surface area (Å²) >= 11 is 5.87. The fraction of sp³-hybridized carbons (Fsp3) is 0.407. The maximum atomic E-state index is 9.77. The number of hydrogen-bond acceptors (Lipinski definition) is 5. The van der Waals surface area contributed by atoms with Gasteiger partial charge in [-0.1, -0.05) is 6.07 Å². The molecular formula is C27H33N5O2S. The molecule has 2 aliphatic heterocycles. The maximum absolute atomic E-state index is 9.77. The molecule has 4 heterocycles. The van der Waals surface area contributed by atoms with Gasteiger partial charge in [0, 0.05) is 49.5 Å². The van der Waals surface area contributed by atoms with E-state index < -0.39 is 0 Å². The molecule has 0 spiro atoms. The van der Waals surface area contributed by atoms with Crippen LogP contribution in [0.2, 0.25) is 0 Å². The van der Waals surface area contributed by atoms with Crippen molar-refractivity contribution in [2.24, 2.45) is 0 Å². The Labute approximate surface area is 212 Å². The van der Waals surface area contributed by atoms with E-state index in [4.69, 9.17) is 17.0 Å². The lowest BCUT2D eigenvalue weighted by molar-refractivity contribution is 0.0365. The van der Waals surface area contributed by atoms with E-state index in [9.17, 15) is 5.11 Å². The zero-order chi connectivity index (χ0) is 24.4. The van der Waals surface area contributed by atoms with Crippen LogP contribution in [0, 0.1) is 13.8 Å². The molecule has 2 N–H and O–H groups in total. The predicted molar refractivity (Wildman–Crippen MR) is 141 cm³/mol. The van der Waals surface area contributed by atoms with E-state index in [1.807, 2.05) is 30.5 Å². The normalized spacial score (nSPS) is 20.9. The Morgan fingerprint density at radius 2 is 1.86 bits per heavy atom. The first-order chi connectivity index (χ1) is 17.0. The van der Waals surface area contributed by atoms with Gasteiger partial charge in [-0.15, -0.1) is 0 Å². The van der Waals surface area contributed by atoms with Gasteiger partial charge in [0.25, 0.3) is 0 Å². The third kappa shape index (κ3) is 4.91. The van der Waals surface area contributed by atoms with Crippen molar-refractivity contribution in [1.29, 1.82) is 0 Å². The summed E-state index contributed by atoms with van der Waals surface area (Å²) in [7, 11) is 0. The van der Waals surface area contributed by atoms with Gasteiger partial charge in [0.05, 0.1) is 31.0 Å². The number of phenols is 1. The summed E-state index contributed by atoms with van der Waals surface area (Å²) in [5.74, 6) is 0.267. The molecule has 0 bridgehead atoms. The summed E-state index contributed by atoms with van der Waals surface area (Å²) in [4.78, 5) is 9.50. The zero-order valence-electron chi connectivity index (χ0n) is 20.4. The molecule has 35 heavy (non-hydrogen) atoms. The van der Waals surface area contributed by atoms with Gasteiger partial charge in [-0.25, -0.2) is 0 Å². The van der Waals surface area contributed by atoms with E-state index >= 15 is 0 Å². The van der Waals surface area contributed by atoms with E-state index in [1.54, 1.807) is 12.1 Å². The van der Waals surface area contributed by atoms with Crippen LogP contribution in [-0.2, 0) is 4.74 Å². The molecule has 2 fully saturated rings. The first-order valence-corrected chi connectivity index (χ1v) is 12.7. The summed E-state index contributed by atoms with van der Waals surface area (Å²) in [6.07, 6.45) is 2.88. The van der Waals surface area contributed by atoms with Gasteiger partial charge < -0.3 is 24.6 Å². The summed E-state index contributed by atoms with van der Waals surface area (Å²) in [5, 5.41) is 14.1. The quantitative estimate of drug-likeness (QED) is 0.486. The predicted octanol–water partition coefficient (Wildman–Crippen LogP) is 3.89. The lowest BCUT2D eigenvalue weighted by atomic mass is 9.96. The monoisotopic (exact) mass is 491 g/mol. The number of rotatable bonds is 7. The molecule has 2 aliphatic rings. The lowest BCUT2D eigenvalue weighted by Crippen LogP contribution is -2.39. The topological polar surface area (TPSA) is 65.8 Å². The third-order valence-electron chi connectivity index (χ3n) is 7.07. The standard InChI is InChI=1S/C27H33N5O2S/c1-19-18-23(20(2)32(19)21-7-9-22(33)10-8-21)26-25(24-6-3-4-11-28-24)29-27(35)31(26)13-5-12-30-14-16-34-17-15-30/h3-4,6-11,18,25-26,33H,5,12-17H2,1-2H3,(H,29,35)/t25-,26+/m1/s1. The van der Waals surface area contributed by atoms with E-state index in [0.29, 0.717) is 0 Å². The van der Waals surface area contributed by atoms with Crippen molar-refractivity contribution in [1.82, 2.24) is 24.7 Å². The number of aromatic hydroxyl groups is 1. The van der Waals surface area contributed by atoms with E-state index in [0.717, 1.165) is 68.0 Å². The number of hydrogen-bond donors (Lipinski definition) is 2. The molecule has 5 rings (SSSR count). The van der Waals surface area contributed by atoms with Crippen LogP contribution in [0.4, 0.5) is 0 Å². The molecule has 3 aromatic rings. The number of ether oxygens (including phenoxy) is 1. The lowest BCUT2D eigenvalue weighted by Gasteiger charge is -2.30. The van der Waals surface area contributed by atoms with Crippen LogP contribution in [0.5, 0.6) is 5.75 Å². The van der Waals surface area contributed by atoms with Crippen LogP contribution in [0.1, 0.15) is 41.1 Å². The SMILES string of the molecule is Cc1cc([C@H]2[C@@H](c3ccccn3)NC(=S)N2CCCN2CCOCC2)c(C)n1-c1ccc(O)cc1. The Hall–Kier alpha value is -2.94. The van der Waals surface area contributed by atoms with Crippen LogP contribution in [0.15, 0.2) is 54.7 Å². The third-order valence-corrected chi connectivity index (χ3v) is 7.42. The molecule has 0 aliphatic carbocycles. The van der Waals surface area contributed by atoms with Crippen molar-refractivity contribution in [2.45, 2.75) is 32.4 Å². The minimum Gasteiger partial charge on any atom is -0.508 e. The number of aryl methyl sites for hydroxylation is 1. The number of phenolic OH excluding ortho intramolecular Hbond substituents is 1. The highest BCUT2D eigenvalue weighted by Gasteiger charge is 2.41. The van der Waals surface area contributed by atoms with Crippen molar-refractivity contribution in [3.8, 4) is 11.4 Å². The smallest absolute Gasteiger partial charge is 0.170 e. The fourth-order valence-electron chi connectivity index (χ4n) is 5.36. The number of aromatic nitrogens is 2. The molecule has 8 heteroatoms. The minimum absolute atomic E-state index is 0.0270.